The number of rotatable bonds is 6. The van der Waals surface area contributed by atoms with Gasteiger partial charge in [-0.1, -0.05) is 30.3 Å². The molecule has 1 aromatic heterocycles. The third-order valence-electron chi connectivity index (χ3n) is 3.63. The molecule has 120 valence electrons. The number of halogens is 1. The van der Waals surface area contributed by atoms with Crippen molar-refractivity contribution in [2.45, 2.75) is 26.4 Å². The summed E-state index contributed by atoms with van der Waals surface area (Å²) in [5.74, 6) is 0.0948. The van der Waals surface area contributed by atoms with Gasteiger partial charge in [-0.25, -0.2) is 0 Å². The summed E-state index contributed by atoms with van der Waals surface area (Å²) in [5.41, 5.74) is 1.29. The highest BCUT2D eigenvalue weighted by atomic mass is 35.5. The second-order valence-corrected chi connectivity index (χ2v) is 6.26. The zero-order valence-corrected chi connectivity index (χ0v) is 14.9. The lowest BCUT2D eigenvalue weighted by Crippen LogP contribution is -2.41. The quantitative estimate of drug-likeness (QED) is 0.793. The molecule has 3 nitrogen and oxygen atoms in total. The van der Waals surface area contributed by atoms with E-state index in [1.807, 2.05) is 28.5 Å². The zero-order valence-electron chi connectivity index (χ0n) is 13.2. The van der Waals surface area contributed by atoms with Crippen LogP contribution in [0.2, 0.25) is 0 Å². The second-order valence-electron chi connectivity index (χ2n) is 5.33. The van der Waals surface area contributed by atoms with Gasteiger partial charge < -0.3 is 4.90 Å². The first-order chi connectivity index (χ1) is 10.1. The van der Waals surface area contributed by atoms with E-state index in [0.29, 0.717) is 6.54 Å². The third kappa shape index (κ3) is 5.13. The zero-order chi connectivity index (χ0) is 15.2. The van der Waals surface area contributed by atoms with Crippen molar-refractivity contribution in [2.75, 3.05) is 18.5 Å². The van der Waals surface area contributed by atoms with Gasteiger partial charge in [0.25, 0.3) is 0 Å². The minimum absolute atomic E-state index is 0. The molecule has 5 heteroatoms. The topological polar surface area (TPSA) is 23.6 Å². The van der Waals surface area contributed by atoms with Gasteiger partial charge in [-0.3, -0.25) is 9.69 Å². The normalized spacial score (nSPS) is 11.8. The van der Waals surface area contributed by atoms with Crippen molar-refractivity contribution in [1.82, 2.24) is 4.90 Å². The van der Waals surface area contributed by atoms with Crippen molar-refractivity contribution in [3.63, 3.8) is 0 Å². The monoisotopic (exact) mass is 338 g/mol. The van der Waals surface area contributed by atoms with E-state index in [9.17, 15) is 4.79 Å². The van der Waals surface area contributed by atoms with Crippen LogP contribution in [0.1, 0.15) is 19.4 Å². The van der Waals surface area contributed by atoms with E-state index in [2.05, 4.69) is 43.1 Å². The maximum atomic E-state index is 11.9. The van der Waals surface area contributed by atoms with Crippen LogP contribution in [0.3, 0.4) is 0 Å². The Labute approximate surface area is 143 Å². The van der Waals surface area contributed by atoms with Gasteiger partial charge in [-0.2, -0.15) is 0 Å². The summed E-state index contributed by atoms with van der Waals surface area (Å²) in [6.07, 6.45) is 0. The molecule has 2 rings (SSSR count). The summed E-state index contributed by atoms with van der Waals surface area (Å²) in [7, 11) is 2.10. The van der Waals surface area contributed by atoms with Crippen molar-refractivity contribution in [2.24, 2.45) is 0 Å². The van der Waals surface area contributed by atoms with Crippen LogP contribution in [0.15, 0.2) is 47.8 Å². The smallest absolute Gasteiger partial charge is 0.224 e. The maximum absolute atomic E-state index is 11.9. The lowest BCUT2D eigenvalue weighted by Gasteiger charge is -2.30. The molecule has 0 saturated heterocycles. The number of hydrogen-bond acceptors (Lipinski definition) is 3. The van der Waals surface area contributed by atoms with Gasteiger partial charge in [-0.05, 0) is 37.0 Å². The highest BCUT2D eigenvalue weighted by Crippen LogP contribution is 2.22. The van der Waals surface area contributed by atoms with Gasteiger partial charge in [0, 0.05) is 26.1 Å². The Bertz CT molecular complexity index is 559. The summed E-state index contributed by atoms with van der Waals surface area (Å²) in [6.45, 7) is 5.38. The van der Waals surface area contributed by atoms with E-state index in [1.54, 1.807) is 18.3 Å². The van der Waals surface area contributed by atoms with Gasteiger partial charge in [0.1, 0.15) is 0 Å². The molecular formula is C17H23ClN2OS. The Morgan fingerprint density at radius 1 is 1.18 bits per heavy atom. The Morgan fingerprint density at radius 3 is 2.41 bits per heavy atom. The van der Waals surface area contributed by atoms with Gasteiger partial charge in [-0.15, -0.1) is 23.7 Å². The first-order valence-corrected chi connectivity index (χ1v) is 8.01. The molecule has 2 aromatic rings. The molecule has 1 heterocycles. The van der Waals surface area contributed by atoms with E-state index in [0.717, 1.165) is 11.5 Å². The molecule has 0 radical (unpaired) electrons. The van der Waals surface area contributed by atoms with Crippen LogP contribution >= 0.6 is 23.7 Å². The van der Waals surface area contributed by atoms with E-state index in [-0.39, 0.29) is 24.4 Å². The molecule has 1 atom stereocenters. The first-order valence-electron chi connectivity index (χ1n) is 7.13. The highest BCUT2D eigenvalue weighted by molar-refractivity contribution is 7.14. The predicted octanol–water partition coefficient (Wildman–Crippen LogP) is 4.04. The highest BCUT2D eigenvalue weighted by Gasteiger charge is 2.18. The summed E-state index contributed by atoms with van der Waals surface area (Å²) in [6, 6.07) is 14.7. The molecule has 0 aliphatic heterocycles. The van der Waals surface area contributed by atoms with E-state index >= 15 is 0 Å². The van der Waals surface area contributed by atoms with Crippen molar-refractivity contribution in [3.8, 4) is 0 Å². The van der Waals surface area contributed by atoms with Crippen molar-refractivity contribution >= 4 is 34.7 Å². The molecule has 1 aromatic carbocycles. The maximum Gasteiger partial charge on any atom is 0.224 e. The van der Waals surface area contributed by atoms with Crippen LogP contribution in [0.25, 0.3) is 0 Å². The average Bonchev–Trinajstić information content (AvgIpc) is 2.99. The molecule has 1 unspecified atom stereocenters. The number of carbonyl (C=O) groups is 1. The van der Waals surface area contributed by atoms with Crippen LogP contribution < -0.4 is 4.90 Å². The lowest BCUT2D eigenvalue weighted by molar-refractivity contribution is -0.116. The molecule has 0 bridgehead atoms. The van der Waals surface area contributed by atoms with E-state index < -0.39 is 0 Å². The number of likely N-dealkylation sites (N-methyl/N-ethyl adjacent to an activating group) is 1. The number of anilines is 1. The summed E-state index contributed by atoms with van der Waals surface area (Å²) >= 11 is 1.60. The van der Waals surface area contributed by atoms with Crippen molar-refractivity contribution in [3.05, 3.63) is 53.4 Å². The molecule has 22 heavy (non-hydrogen) atoms. The molecule has 0 spiro atoms. The Kier molecular flexibility index (Phi) is 7.59. The Morgan fingerprint density at radius 2 is 1.86 bits per heavy atom. The van der Waals surface area contributed by atoms with E-state index in [4.69, 9.17) is 0 Å². The van der Waals surface area contributed by atoms with Crippen LogP contribution in [-0.2, 0) is 11.3 Å². The number of benzene rings is 1. The first kappa shape index (κ1) is 18.7. The van der Waals surface area contributed by atoms with Gasteiger partial charge >= 0.3 is 0 Å². The third-order valence-corrected chi connectivity index (χ3v) is 4.52. The number of thiophene rings is 1. The molecular weight excluding hydrogens is 316 g/mol. The number of hydrogen-bond donors (Lipinski definition) is 0. The van der Waals surface area contributed by atoms with Crippen LogP contribution in [0.5, 0.6) is 0 Å². The van der Waals surface area contributed by atoms with E-state index in [1.165, 1.54) is 5.56 Å². The Hall–Kier alpha value is -1.36. The molecule has 0 saturated carbocycles. The van der Waals surface area contributed by atoms with Gasteiger partial charge in [0.15, 0.2) is 0 Å². The fraction of sp³-hybridized carbons (Fsp3) is 0.353. The lowest BCUT2D eigenvalue weighted by atomic mass is 10.2. The molecule has 0 N–H and O–H groups in total. The number of nitrogens with zero attached hydrogens (tertiary/aromatic N) is 2. The van der Waals surface area contributed by atoms with Crippen LogP contribution in [0, 0.1) is 0 Å². The molecule has 1 amide bonds. The van der Waals surface area contributed by atoms with Crippen molar-refractivity contribution < 1.29 is 4.79 Å². The summed E-state index contributed by atoms with van der Waals surface area (Å²) in [4.78, 5) is 16.0. The Balaban J connectivity index is 0.00000242. The standard InChI is InChI=1S/C17H22N2OS.ClH/c1-14(18(3)13-16-8-5-4-6-9-16)12-19(15(2)20)17-10-7-11-21-17;/h4-11,14H,12-13H2,1-3H3;1H. The minimum atomic E-state index is 0. The molecule has 0 aliphatic carbocycles. The molecule has 0 aliphatic rings. The number of carbonyl (C=O) groups excluding carboxylic acids is 1. The van der Waals surface area contributed by atoms with Gasteiger partial charge in [0.05, 0.1) is 5.00 Å². The SMILES string of the molecule is CC(=O)N(CC(C)N(C)Cc1ccccc1)c1cccs1.Cl. The summed E-state index contributed by atoms with van der Waals surface area (Å²) < 4.78 is 0. The van der Waals surface area contributed by atoms with Crippen molar-refractivity contribution in [1.29, 1.82) is 0 Å². The van der Waals surface area contributed by atoms with Crippen LogP contribution in [0.4, 0.5) is 5.00 Å². The largest absolute Gasteiger partial charge is 0.302 e. The fourth-order valence-electron chi connectivity index (χ4n) is 2.23. The summed E-state index contributed by atoms with van der Waals surface area (Å²) in [5, 5.41) is 3.02. The predicted molar refractivity (Wildman–Crippen MR) is 97.0 cm³/mol. The average molecular weight is 339 g/mol. The molecule has 0 fully saturated rings. The van der Waals surface area contributed by atoms with Crippen LogP contribution in [-0.4, -0.2) is 30.4 Å². The second kappa shape index (κ2) is 8.93. The minimum Gasteiger partial charge on any atom is -0.302 e. The fourth-order valence-corrected chi connectivity index (χ4v) is 3.01. The number of amides is 1. The van der Waals surface area contributed by atoms with Gasteiger partial charge in [0.2, 0.25) is 5.91 Å².